The molecule has 0 saturated carbocycles. The van der Waals surface area contributed by atoms with E-state index in [2.05, 4.69) is 28.2 Å². The molecule has 0 aliphatic carbocycles. The van der Waals surface area contributed by atoms with Crippen molar-refractivity contribution in [3.05, 3.63) is 100 Å². The second-order valence-corrected chi connectivity index (χ2v) is 7.49. The number of rotatable bonds is 6. The van der Waals surface area contributed by atoms with Gasteiger partial charge in [0.05, 0.1) is 5.56 Å². The average Bonchev–Trinajstić information content (AvgIpc) is 3.06. The number of carboxylic acids is 1. The van der Waals surface area contributed by atoms with Crippen LogP contribution in [-0.4, -0.2) is 15.6 Å². The minimum absolute atomic E-state index is 0.277. The van der Waals surface area contributed by atoms with Crippen LogP contribution in [0.3, 0.4) is 0 Å². The summed E-state index contributed by atoms with van der Waals surface area (Å²) < 4.78 is 2.20. The molecule has 0 amide bonds. The number of para-hydroxylation sites is 1. The zero-order valence-corrected chi connectivity index (χ0v) is 16.8. The van der Waals surface area contributed by atoms with Crippen molar-refractivity contribution >= 4 is 34.2 Å². The van der Waals surface area contributed by atoms with Crippen molar-refractivity contribution in [2.75, 3.05) is 5.32 Å². The Morgan fingerprint density at radius 3 is 2.59 bits per heavy atom. The van der Waals surface area contributed by atoms with Gasteiger partial charge in [0, 0.05) is 40.9 Å². The summed E-state index contributed by atoms with van der Waals surface area (Å²) in [4.78, 5) is 11.3. The van der Waals surface area contributed by atoms with Crippen LogP contribution in [0, 0.1) is 6.92 Å². The fraction of sp³-hybridized carbons (Fsp3) is 0.125. The molecular formula is C24H21ClN2O2. The van der Waals surface area contributed by atoms with Gasteiger partial charge < -0.3 is 15.0 Å². The van der Waals surface area contributed by atoms with E-state index in [1.54, 1.807) is 12.1 Å². The second kappa shape index (κ2) is 8.02. The van der Waals surface area contributed by atoms with Crippen molar-refractivity contribution in [2.24, 2.45) is 0 Å². The van der Waals surface area contributed by atoms with Gasteiger partial charge in [0.1, 0.15) is 0 Å². The third-order valence-corrected chi connectivity index (χ3v) is 5.49. The maximum atomic E-state index is 11.3. The molecular weight excluding hydrogens is 384 g/mol. The highest BCUT2D eigenvalue weighted by Gasteiger charge is 2.11. The number of nitrogens with zero attached hydrogens (tertiary/aromatic N) is 1. The minimum atomic E-state index is -0.926. The largest absolute Gasteiger partial charge is 0.478 e. The quantitative estimate of drug-likeness (QED) is 0.416. The van der Waals surface area contributed by atoms with Gasteiger partial charge in [0.2, 0.25) is 0 Å². The molecule has 2 N–H and O–H groups in total. The number of aromatic carboxylic acids is 1. The molecule has 0 fully saturated rings. The molecule has 3 aromatic carbocycles. The number of fused-ring (bicyclic) bond motifs is 1. The molecule has 4 nitrogen and oxygen atoms in total. The fourth-order valence-electron chi connectivity index (χ4n) is 3.54. The topological polar surface area (TPSA) is 54.3 Å². The number of aromatic nitrogens is 1. The van der Waals surface area contributed by atoms with Gasteiger partial charge in [-0.3, -0.25) is 0 Å². The van der Waals surface area contributed by atoms with Crippen molar-refractivity contribution in [3.8, 4) is 0 Å². The molecule has 0 aliphatic heterocycles. The van der Waals surface area contributed by atoms with Crippen molar-refractivity contribution in [2.45, 2.75) is 20.0 Å². The van der Waals surface area contributed by atoms with E-state index in [4.69, 9.17) is 11.6 Å². The number of carboxylic acid groups (broad SMARTS) is 1. The molecule has 1 heterocycles. The van der Waals surface area contributed by atoms with Gasteiger partial charge in [-0.1, -0.05) is 54.1 Å². The Balaban J connectivity index is 1.64. The van der Waals surface area contributed by atoms with Crippen LogP contribution in [0.1, 0.15) is 27.0 Å². The van der Waals surface area contributed by atoms with Gasteiger partial charge in [0.25, 0.3) is 0 Å². The van der Waals surface area contributed by atoms with E-state index in [1.807, 2.05) is 49.4 Å². The van der Waals surface area contributed by atoms with Crippen LogP contribution in [0.4, 0.5) is 5.69 Å². The van der Waals surface area contributed by atoms with Crippen molar-refractivity contribution < 1.29 is 9.90 Å². The lowest BCUT2D eigenvalue weighted by atomic mass is 10.1. The Morgan fingerprint density at radius 2 is 1.79 bits per heavy atom. The van der Waals surface area contributed by atoms with E-state index in [-0.39, 0.29) is 5.56 Å². The highest BCUT2D eigenvalue weighted by molar-refractivity contribution is 6.31. The van der Waals surface area contributed by atoms with Gasteiger partial charge in [0.15, 0.2) is 0 Å². The lowest BCUT2D eigenvalue weighted by Gasteiger charge is -2.10. The third-order valence-electron chi connectivity index (χ3n) is 5.12. The van der Waals surface area contributed by atoms with Crippen molar-refractivity contribution in [1.29, 1.82) is 0 Å². The summed E-state index contributed by atoms with van der Waals surface area (Å²) in [5.41, 5.74) is 5.47. The Morgan fingerprint density at radius 1 is 1.03 bits per heavy atom. The highest BCUT2D eigenvalue weighted by atomic mass is 35.5. The first-order chi connectivity index (χ1) is 14.0. The standard InChI is InChI=1S/C24H21ClN2O2/c1-16-10-11-17(24(28)29)12-22(16)26-13-19-15-27(23-9-5-3-7-20(19)23)14-18-6-2-4-8-21(18)25/h2-12,15,26H,13-14H2,1H3,(H,28,29). The monoisotopic (exact) mass is 404 g/mol. The van der Waals surface area contributed by atoms with Gasteiger partial charge in [-0.2, -0.15) is 0 Å². The van der Waals surface area contributed by atoms with E-state index in [0.717, 1.165) is 32.9 Å². The van der Waals surface area contributed by atoms with Gasteiger partial charge in [-0.15, -0.1) is 0 Å². The summed E-state index contributed by atoms with van der Waals surface area (Å²) in [6.45, 7) is 3.25. The average molecular weight is 405 g/mol. The number of anilines is 1. The fourth-order valence-corrected chi connectivity index (χ4v) is 3.74. The van der Waals surface area contributed by atoms with Gasteiger partial charge in [-0.25, -0.2) is 4.79 Å². The normalized spacial score (nSPS) is 11.0. The number of carbonyl (C=O) groups is 1. The SMILES string of the molecule is Cc1ccc(C(=O)O)cc1NCc1cn(Cc2ccccc2Cl)c2ccccc12. The maximum Gasteiger partial charge on any atom is 0.335 e. The van der Waals surface area contributed by atoms with E-state index in [9.17, 15) is 9.90 Å². The third kappa shape index (κ3) is 3.98. The van der Waals surface area contributed by atoms with Crippen LogP contribution < -0.4 is 5.32 Å². The molecule has 0 bridgehead atoms. The van der Waals surface area contributed by atoms with Crippen LogP contribution in [0.5, 0.6) is 0 Å². The number of halogens is 1. The number of nitrogens with one attached hydrogen (secondary N) is 1. The van der Waals surface area contributed by atoms with Gasteiger partial charge in [-0.05, 0) is 47.9 Å². The maximum absolute atomic E-state index is 11.3. The molecule has 0 aliphatic rings. The molecule has 1 aromatic heterocycles. The Hall–Kier alpha value is -3.24. The lowest BCUT2D eigenvalue weighted by Crippen LogP contribution is -2.04. The zero-order chi connectivity index (χ0) is 20.4. The molecule has 5 heteroatoms. The Kier molecular flexibility index (Phi) is 5.28. The van der Waals surface area contributed by atoms with Gasteiger partial charge >= 0.3 is 5.97 Å². The molecule has 0 spiro atoms. The molecule has 0 saturated heterocycles. The second-order valence-electron chi connectivity index (χ2n) is 7.08. The number of benzene rings is 3. The van der Waals surface area contributed by atoms with Crippen LogP contribution >= 0.6 is 11.6 Å². The molecule has 146 valence electrons. The summed E-state index contributed by atoms with van der Waals surface area (Å²) >= 11 is 6.36. The van der Waals surface area contributed by atoms with E-state index in [0.29, 0.717) is 13.1 Å². The Bertz CT molecular complexity index is 1200. The number of aryl methyl sites for hydroxylation is 1. The van der Waals surface area contributed by atoms with E-state index in [1.165, 1.54) is 5.39 Å². The van der Waals surface area contributed by atoms with Crippen molar-refractivity contribution in [3.63, 3.8) is 0 Å². The van der Waals surface area contributed by atoms with Crippen molar-refractivity contribution in [1.82, 2.24) is 4.57 Å². The van der Waals surface area contributed by atoms with Crippen LogP contribution in [0.2, 0.25) is 5.02 Å². The van der Waals surface area contributed by atoms with Crippen LogP contribution in [-0.2, 0) is 13.1 Å². The summed E-state index contributed by atoms with van der Waals surface area (Å²) in [6.07, 6.45) is 2.14. The summed E-state index contributed by atoms with van der Waals surface area (Å²) in [5, 5.41) is 14.6. The summed E-state index contributed by atoms with van der Waals surface area (Å²) in [6, 6.07) is 21.3. The van der Waals surface area contributed by atoms with Crippen LogP contribution in [0.25, 0.3) is 10.9 Å². The van der Waals surface area contributed by atoms with E-state index < -0.39 is 5.97 Å². The van der Waals surface area contributed by atoms with E-state index >= 15 is 0 Å². The lowest BCUT2D eigenvalue weighted by molar-refractivity contribution is 0.0697. The summed E-state index contributed by atoms with van der Waals surface area (Å²) in [7, 11) is 0. The Labute approximate surface area is 174 Å². The first-order valence-electron chi connectivity index (χ1n) is 9.41. The first-order valence-corrected chi connectivity index (χ1v) is 9.78. The predicted molar refractivity (Wildman–Crippen MR) is 118 cm³/mol. The predicted octanol–water partition coefficient (Wildman–Crippen LogP) is 5.96. The zero-order valence-electron chi connectivity index (χ0n) is 16.0. The molecule has 0 atom stereocenters. The summed E-state index contributed by atoms with van der Waals surface area (Å²) in [5.74, 6) is -0.926. The molecule has 0 unspecified atom stereocenters. The molecule has 29 heavy (non-hydrogen) atoms. The first kappa shape index (κ1) is 19.1. The number of hydrogen-bond acceptors (Lipinski definition) is 2. The molecule has 4 aromatic rings. The number of hydrogen-bond donors (Lipinski definition) is 2. The molecule has 4 rings (SSSR count). The highest BCUT2D eigenvalue weighted by Crippen LogP contribution is 2.26. The van der Waals surface area contributed by atoms with Crippen LogP contribution in [0.15, 0.2) is 72.9 Å². The molecule has 0 radical (unpaired) electrons. The minimum Gasteiger partial charge on any atom is -0.478 e. The smallest absolute Gasteiger partial charge is 0.335 e.